The summed E-state index contributed by atoms with van der Waals surface area (Å²) in [7, 11) is 0. The zero-order chi connectivity index (χ0) is 13.0. The Morgan fingerprint density at radius 1 is 1.28 bits per heavy atom. The zero-order valence-corrected chi connectivity index (χ0v) is 9.46. The van der Waals surface area contributed by atoms with Gasteiger partial charge < -0.3 is 4.74 Å². The molecule has 2 aliphatic rings. The molecular formula is C13H11F3O2. The minimum Gasteiger partial charge on any atom is -0.380 e. The number of ketones is 1. The number of carbonyl (C=O) groups excluding carboxylic acids is 1. The lowest BCUT2D eigenvalue weighted by atomic mass is 9.93. The van der Waals surface area contributed by atoms with E-state index in [4.69, 9.17) is 4.74 Å². The molecule has 96 valence electrons. The second-order valence-corrected chi connectivity index (χ2v) is 4.98. The number of rotatable bonds is 2. The van der Waals surface area contributed by atoms with E-state index in [1.807, 2.05) is 0 Å². The second-order valence-electron chi connectivity index (χ2n) is 4.98. The molecule has 2 unspecified atom stereocenters. The molecule has 18 heavy (non-hydrogen) atoms. The summed E-state index contributed by atoms with van der Waals surface area (Å²) in [6, 6.07) is 4.43. The van der Waals surface area contributed by atoms with Gasteiger partial charge in [-0.2, -0.15) is 13.2 Å². The van der Waals surface area contributed by atoms with Gasteiger partial charge in [0.15, 0.2) is 5.78 Å². The van der Waals surface area contributed by atoms with E-state index in [1.54, 1.807) is 0 Å². The normalized spacial score (nSPS) is 30.1. The van der Waals surface area contributed by atoms with Gasteiger partial charge in [-0.25, -0.2) is 0 Å². The second kappa shape index (κ2) is 3.57. The fourth-order valence-electron chi connectivity index (χ4n) is 2.60. The molecule has 2 nitrogen and oxygen atoms in total. The maximum absolute atomic E-state index is 12.4. The highest BCUT2D eigenvalue weighted by atomic mass is 19.4. The Kier molecular flexibility index (Phi) is 2.32. The summed E-state index contributed by atoms with van der Waals surface area (Å²) in [5.74, 6) is 0.172. The lowest BCUT2D eigenvalue weighted by Gasteiger charge is -2.11. The molecule has 0 radical (unpaired) electrons. The van der Waals surface area contributed by atoms with Gasteiger partial charge in [-0.15, -0.1) is 0 Å². The Morgan fingerprint density at radius 3 is 2.39 bits per heavy atom. The number of benzene rings is 1. The maximum atomic E-state index is 12.4. The first-order valence-electron chi connectivity index (χ1n) is 5.73. The monoisotopic (exact) mass is 256 g/mol. The third kappa shape index (κ3) is 1.65. The minimum atomic E-state index is -4.36. The van der Waals surface area contributed by atoms with E-state index in [0.29, 0.717) is 18.8 Å². The van der Waals surface area contributed by atoms with Crippen LogP contribution in [-0.2, 0) is 10.9 Å². The Balaban J connectivity index is 1.84. The summed E-state index contributed by atoms with van der Waals surface area (Å²) in [4.78, 5) is 12.2. The smallest absolute Gasteiger partial charge is 0.380 e. The summed E-state index contributed by atoms with van der Waals surface area (Å²) in [5.41, 5.74) is -0.831. The van der Waals surface area contributed by atoms with Crippen molar-refractivity contribution in [2.75, 3.05) is 13.2 Å². The molecule has 1 aromatic rings. The molecule has 0 aromatic heterocycles. The first-order chi connectivity index (χ1) is 8.43. The van der Waals surface area contributed by atoms with E-state index >= 15 is 0 Å². The van der Waals surface area contributed by atoms with E-state index in [9.17, 15) is 18.0 Å². The van der Waals surface area contributed by atoms with Gasteiger partial charge in [0, 0.05) is 5.56 Å². The molecule has 0 bridgehead atoms. The number of fused-ring (bicyclic) bond motifs is 1. The molecule has 1 saturated carbocycles. The van der Waals surface area contributed by atoms with Crippen molar-refractivity contribution < 1.29 is 22.7 Å². The number of halogens is 3. The van der Waals surface area contributed by atoms with Gasteiger partial charge in [0.25, 0.3) is 0 Å². The molecular weight excluding hydrogens is 245 g/mol. The van der Waals surface area contributed by atoms with Gasteiger partial charge in [0.2, 0.25) is 0 Å². The molecule has 3 rings (SSSR count). The lowest BCUT2D eigenvalue weighted by Crippen LogP contribution is -2.19. The standard InChI is InChI=1S/C13H11F3O2/c14-13(15,16)9-3-1-8(2-4-9)11(17)12-5-10(12)6-18-7-12/h1-4,10H,5-7H2. The number of hydrogen-bond acceptors (Lipinski definition) is 2. The summed E-state index contributed by atoms with van der Waals surface area (Å²) in [6.07, 6.45) is -3.56. The van der Waals surface area contributed by atoms with Gasteiger partial charge in [-0.1, -0.05) is 12.1 Å². The minimum absolute atomic E-state index is 0.0845. The van der Waals surface area contributed by atoms with Crippen LogP contribution in [0.2, 0.25) is 0 Å². The first-order valence-corrected chi connectivity index (χ1v) is 5.73. The molecule has 0 spiro atoms. The van der Waals surface area contributed by atoms with Crippen molar-refractivity contribution in [3.05, 3.63) is 35.4 Å². The molecule has 1 heterocycles. The fraction of sp³-hybridized carbons (Fsp3) is 0.462. The van der Waals surface area contributed by atoms with Crippen molar-refractivity contribution in [3.8, 4) is 0 Å². The summed E-state index contributed by atoms with van der Waals surface area (Å²) in [5, 5.41) is 0. The Bertz CT molecular complexity index is 492. The van der Waals surface area contributed by atoms with E-state index < -0.39 is 17.2 Å². The van der Waals surface area contributed by atoms with Crippen LogP contribution >= 0.6 is 0 Å². The zero-order valence-electron chi connectivity index (χ0n) is 9.46. The van der Waals surface area contributed by atoms with Crippen LogP contribution in [0, 0.1) is 11.3 Å². The van der Waals surface area contributed by atoms with Crippen LogP contribution in [0.25, 0.3) is 0 Å². The van der Waals surface area contributed by atoms with Crippen LogP contribution in [0.5, 0.6) is 0 Å². The van der Waals surface area contributed by atoms with Crippen molar-refractivity contribution in [2.24, 2.45) is 11.3 Å². The highest BCUT2D eigenvalue weighted by molar-refractivity contribution is 6.03. The molecule has 0 amide bonds. The lowest BCUT2D eigenvalue weighted by molar-refractivity contribution is -0.137. The third-order valence-electron chi connectivity index (χ3n) is 3.84. The summed E-state index contributed by atoms with van der Waals surface area (Å²) in [6.45, 7) is 0.990. The van der Waals surface area contributed by atoms with E-state index in [0.717, 1.165) is 18.6 Å². The fourth-order valence-corrected chi connectivity index (χ4v) is 2.60. The van der Waals surface area contributed by atoms with Crippen molar-refractivity contribution >= 4 is 5.78 Å². The largest absolute Gasteiger partial charge is 0.416 e. The molecule has 0 N–H and O–H groups in total. The van der Waals surface area contributed by atoms with Crippen molar-refractivity contribution in [1.29, 1.82) is 0 Å². The molecule has 2 atom stereocenters. The Labute approximate surface area is 102 Å². The van der Waals surface area contributed by atoms with E-state index in [1.165, 1.54) is 12.1 Å². The van der Waals surface area contributed by atoms with Gasteiger partial charge in [0.05, 0.1) is 24.2 Å². The number of ether oxygens (including phenoxy) is 1. The summed E-state index contributed by atoms with van der Waals surface area (Å²) >= 11 is 0. The average molecular weight is 256 g/mol. The van der Waals surface area contributed by atoms with Crippen LogP contribution in [0.3, 0.4) is 0 Å². The van der Waals surface area contributed by atoms with E-state index in [2.05, 4.69) is 0 Å². The van der Waals surface area contributed by atoms with Crippen molar-refractivity contribution in [2.45, 2.75) is 12.6 Å². The van der Waals surface area contributed by atoms with Gasteiger partial charge in [-0.3, -0.25) is 4.79 Å². The Morgan fingerprint density at radius 2 is 1.94 bits per heavy atom. The molecule has 5 heteroatoms. The maximum Gasteiger partial charge on any atom is 0.416 e. The van der Waals surface area contributed by atoms with Crippen LogP contribution in [0.4, 0.5) is 13.2 Å². The number of alkyl halides is 3. The SMILES string of the molecule is O=C(c1ccc(C(F)(F)F)cc1)C12COCC1C2. The van der Waals surface area contributed by atoms with Crippen LogP contribution in [0.15, 0.2) is 24.3 Å². The van der Waals surface area contributed by atoms with Gasteiger partial charge in [0.1, 0.15) is 0 Å². The highest BCUT2D eigenvalue weighted by Crippen LogP contribution is 2.58. The third-order valence-corrected chi connectivity index (χ3v) is 3.84. The molecule has 1 aliphatic carbocycles. The predicted molar refractivity (Wildman–Crippen MR) is 57.1 cm³/mol. The van der Waals surface area contributed by atoms with Crippen LogP contribution in [0.1, 0.15) is 22.3 Å². The van der Waals surface area contributed by atoms with Crippen LogP contribution in [-0.4, -0.2) is 19.0 Å². The predicted octanol–water partition coefficient (Wildman–Crippen LogP) is 2.92. The summed E-state index contributed by atoms with van der Waals surface area (Å²) < 4.78 is 42.4. The van der Waals surface area contributed by atoms with Crippen molar-refractivity contribution in [3.63, 3.8) is 0 Å². The first kappa shape index (κ1) is 11.7. The quantitative estimate of drug-likeness (QED) is 0.760. The molecule has 1 aliphatic heterocycles. The number of Topliss-reactive ketones (excluding diaryl/α,β-unsaturated/α-hetero) is 1. The molecule has 1 aromatic carbocycles. The highest BCUT2D eigenvalue weighted by Gasteiger charge is 2.63. The average Bonchev–Trinajstić information content (AvgIpc) is 2.90. The van der Waals surface area contributed by atoms with Crippen molar-refractivity contribution in [1.82, 2.24) is 0 Å². The molecule has 1 saturated heterocycles. The van der Waals surface area contributed by atoms with E-state index in [-0.39, 0.29) is 11.7 Å². The number of hydrogen-bond donors (Lipinski definition) is 0. The van der Waals surface area contributed by atoms with Crippen LogP contribution < -0.4 is 0 Å². The topological polar surface area (TPSA) is 26.3 Å². The number of carbonyl (C=O) groups is 1. The van der Waals surface area contributed by atoms with Gasteiger partial charge in [-0.05, 0) is 24.5 Å². The Hall–Kier alpha value is -1.36. The van der Waals surface area contributed by atoms with Gasteiger partial charge >= 0.3 is 6.18 Å². The molecule has 2 fully saturated rings.